The third-order valence-electron chi connectivity index (χ3n) is 2.76. The van der Waals surface area contributed by atoms with Crippen molar-refractivity contribution in [1.82, 2.24) is 5.32 Å². The maximum atomic E-state index is 12.0. The van der Waals surface area contributed by atoms with E-state index in [2.05, 4.69) is 5.32 Å². The van der Waals surface area contributed by atoms with Gasteiger partial charge in [-0.1, -0.05) is 13.8 Å². The number of aromatic hydroxyl groups is 1. The number of phenolic OH excluding ortho intramolecular Hbond substituents is 1. The molecule has 106 valence electrons. The van der Waals surface area contributed by atoms with Gasteiger partial charge in [0, 0.05) is 6.07 Å². The summed E-state index contributed by atoms with van der Waals surface area (Å²) in [5, 5.41) is 21.7. The van der Waals surface area contributed by atoms with Gasteiger partial charge in [0.15, 0.2) is 0 Å². The van der Waals surface area contributed by atoms with Gasteiger partial charge in [-0.05, 0) is 24.5 Å². The summed E-state index contributed by atoms with van der Waals surface area (Å²) < 4.78 is 4.95. The molecule has 1 unspecified atom stereocenters. The van der Waals surface area contributed by atoms with Gasteiger partial charge in [-0.25, -0.2) is 0 Å². The molecule has 0 fully saturated rings. The Kier molecular flexibility index (Phi) is 5.63. The quantitative estimate of drug-likeness (QED) is 0.730. The standard InChI is InChI=1S/C14H21NO4/c1-9(2)6-10(8-16)15-14(18)12-5-4-11(19-3)7-13(12)17/h4-5,7,9-10,16-17H,6,8H2,1-3H3,(H,15,18). The summed E-state index contributed by atoms with van der Waals surface area (Å²) in [5.41, 5.74) is 0.169. The van der Waals surface area contributed by atoms with Crippen LogP contribution in [0.5, 0.6) is 11.5 Å². The fourth-order valence-electron chi connectivity index (χ4n) is 1.84. The average Bonchev–Trinajstić information content (AvgIpc) is 2.36. The molecular formula is C14H21NO4. The molecule has 0 radical (unpaired) electrons. The Morgan fingerprint density at radius 2 is 2.11 bits per heavy atom. The molecule has 0 spiro atoms. The highest BCUT2D eigenvalue weighted by Crippen LogP contribution is 2.23. The molecule has 1 atom stereocenters. The van der Waals surface area contributed by atoms with Crippen LogP contribution < -0.4 is 10.1 Å². The van der Waals surface area contributed by atoms with Gasteiger partial charge < -0.3 is 20.3 Å². The Morgan fingerprint density at radius 3 is 2.58 bits per heavy atom. The number of nitrogens with one attached hydrogen (secondary N) is 1. The number of hydrogen-bond acceptors (Lipinski definition) is 4. The van der Waals surface area contributed by atoms with Crippen LogP contribution >= 0.6 is 0 Å². The first kappa shape index (κ1) is 15.3. The van der Waals surface area contributed by atoms with Crippen LogP contribution in [0.25, 0.3) is 0 Å². The lowest BCUT2D eigenvalue weighted by atomic mass is 10.0. The van der Waals surface area contributed by atoms with Crippen molar-refractivity contribution in [2.45, 2.75) is 26.3 Å². The first-order chi connectivity index (χ1) is 8.97. The molecule has 1 aromatic rings. The summed E-state index contributed by atoms with van der Waals surface area (Å²) in [5.74, 6) is 0.301. The number of hydrogen-bond donors (Lipinski definition) is 3. The van der Waals surface area contributed by atoms with Gasteiger partial charge in [-0.15, -0.1) is 0 Å². The lowest BCUT2D eigenvalue weighted by molar-refractivity contribution is 0.0905. The first-order valence-corrected chi connectivity index (χ1v) is 6.26. The van der Waals surface area contributed by atoms with Crippen molar-refractivity contribution in [2.24, 2.45) is 5.92 Å². The summed E-state index contributed by atoms with van der Waals surface area (Å²) in [6.45, 7) is 3.90. The molecule has 0 aliphatic rings. The molecule has 0 aromatic heterocycles. The van der Waals surface area contributed by atoms with Crippen LogP contribution in [0.1, 0.15) is 30.6 Å². The monoisotopic (exact) mass is 267 g/mol. The molecule has 3 N–H and O–H groups in total. The van der Waals surface area contributed by atoms with Crippen LogP contribution in [0.15, 0.2) is 18.2 Å². The Bertz CT molecular complexity index is 431. The number of amides is 1. The van der Waals surface area contributed by atoms with E-state index >= 15 is 0 Å². The normalized spacial score (nSPS) is 12.3. The largest absolute Gasteiger partial charge is 0.507 e. The number of aliphatic hydroxyl groups excluding tert-OH is 1. The summed E-state index contributed by atoms with van der Waals surface area (Å²) in [4.78, 5) is 12.0. The summed E-state index contributed by atoms with van der Waals surface area (Å²) in [6.07, 6.45) is 0.680. The van der Waals surface area contributed by atoms with E-state index in [9.17, 15) is 15.0 Å². The third-order valence-corrected chi connectivity index (χ3v) is 2.76. The smallest absolute Gasteiger partial charge is 0.255 e. The second-order valence-corrected chi connectivity index (χ2v) is 4.87. The molecule has 0 aliphatic carbocycles. The predicted octanol–water partition coefficient (Wildman–Crippen LogP) is 1.54. The Labute approximate surface area is 113 Å². The zero-order valence-corrected chi connectivity index (χ0v) is 11.5. The van der Waals surface area contributed by atoms with Crippen LogP contribution in [0.3, 0.4) is 0 Å². The van der Waals surface area contributed by atoms with Crippen LogP contribution in [0, 0.1) is 5.92 Å². The number of ether oxygens (including phenoxy) is 1. The average molecular weight is 267 g/mol. The van der Waals surface area contributed by atoms with Gasteiger partial charge in [-0.2, -0.15) is 0 Å². The van der Waals surface area contributed by atoms with Crippen LogP contribution in [-0.4, -0.2) is 35.9 Å². The van der Waals surface area contributed by atoms with Crippen molar-refractivity contribution >= 4 is 5.91 Å². The zero-order chi connectivity index (χ0) is 14.4. The van der Waals surface area contributed by atoms with E-state index in [0.29, 0.717) is 18.1 Å². The van der Waals surface area contributed by atoms with Crippen molar-refractivity contribution in [2.75, 3.05) is 13.7 Å². The van der Waals surface area contributed by atoms with Crippen molar-refractivity contribution in [3.05, 3.63) is 23.8 Å². The fraction of sp³-hybridized carbons (Fsp3) is 0.500. The number of methoxy groups -OCH3 is 1. The van der Waals surface area contributed by atoms with Crippen molar-refractivity contribution < 1.29 is 19.7 Å². The topological polar surface area (TPSA) is 78.8 Å². The second-order valence-electron chi connectivity index (χ2n) is 4.87. The molecule has 5 nitrogen and oxygen atoms in total. The highest BCUT2D eigenvalue weighted by atomic mass is 16.5. The molecule has 1 aromatic carbocycles. The van der Waals surface area contributed by atoms with E-state index in [1.807, 2.05) is 13.8 Å². The van der Waals surface area contributed by atoms with Gasteiger partial charge in [0.1, 0.15) is 11.5 Å². The van der Waals surface area contributed by atoms with Crippen molar-refractivity contribution in [1.29, 1.82) is 0 Å². The SMILES string of the molecule is COc1ccc(C(=O)NC(CO)CC(C)C)c(O)c1. The highest BCUT2D eigenvalue weighted by Gasteiger charge is 2.17. The number of rotatable bonds is 6. The molecule has 0 saturated heterocycles. The molecule has 0 aliphatic heterocycles. The zero-order valence-electron chi connectivity index (χ0n) is 11.5. The fourth-order valence-corrected chi connectivity index (χ4v) is 1.84. The van der Waals surface area contributed by atoms with Gasteiger partial charge in [0.25, 0.3) is 5.91 Å². The van der Waals surface area contributed by atoms with E-state index in [4.69, 9.17) is 4.74 Å². The molecule has 5 heteroatoms. The van der Waals surface area contributed by atoms with Crippen LogP contribution in [0.2, 0.25) is 0 Å². The Hall–Kier alpha value is -1.75. The minimum atomic E-state index is -0.403. The van der Waals surface area contributed by atoms with Gasteiger partial charge in [-0.3, -0.25) is 4.79 Å². The summed E-state index contributed by atoms with van der Waals surface area (Å²) >= 11 is 0. The minimum absolute atomic E-state index is 0.124. The van der Waals surface area contributed by atoms with E-state index in [1.54, 1.807) is 6.07 Å². The molecule has 0 saturated carbocycles. The number of benzene rings is 1. The number of phenols is 1. The first-order valence-electron chi connectivity index (χ1n) is 6.26. The maximum Gasteiger partial charge on any atom is 0.255 e. The van der Waals surface area contributed by atoms with Gasteiger partial charge in [0.2, 0.25) is 0 Å². The minimum Gasteiger partial charge on any atom is -0.507 e. The van der Waals surface area contributed by atoms with E-state index in [-0.39, 0.29) is 24.0 Å². The summed E-state index contributed by atoms with van der Waals surface area (Å²) in [7, 11) is 1.49. The van der Waals surface area contributed by atoms with Crippen LogP contribution in [0.4, 0.5) is 0 Å². The molecule has 1 amide bonds. The van der Waals surface area contributed by atoms with E-state index in [1.165, 1.54) is 19.2 Å². The number of carbonyl (C=O) groups excluding carboxylic acids is 1. The van der Waals surface area contributed by atoms with E-state index in [0.717, 1.165) is 0 Å². The maximum absolute atomic E-state index is 12.0. The Morgan fingerprint density at radius 1 is 1.42 bits per heavy atom. The van der Waals surface area contributed by atoms with E-state index < -0.39 is 5.91 Å². The second kappa shape index (κ2) is 6.99. The Balaban J connectivity index is 2.77. The molecular weight excluding hydrogens is 246 g/mol. The molecule has 1 rings (SSSR count). The van der Waals surface area contributed by atoms with Crippen molar-refractivity contribution in [3.8, 4) is 11.5 Å². The molecule has 19 heavy (non-hydrogen) atoms. The molecule has 0 bridgehead atoms. The number of carbonyl (C=O) groups is 1. The summed E-state index contributed by atoms with van der Waals surface area (Å²) in [6, 6.07) is 4.16. The van der Waals surface area contributed by atoms with Crippen molar-refractivity contribution in [3.63, 3.8) is 0 Å². The lowest BCUT2D eigenvalue weighted by Crippen LogP contribution is -2.38. The van der Waals surface area contributed by atoms with Gasteiger partial charge >= 0.3 is 0 Å². The predicted molar refractivity (Wildman–Crippen MR) is 72.5 cm³/mol. The highest BCUT2D eigenvalue weighted by molar-refractivity contribution is 5.97. The molecule has 0 heterocycles. The number of aliphatic hydroxyl groups is 1. The van der Waals surface area contributed by atoms with Crippen LogP contribution in [-0.2, 0) is 0 Å². The van der Waals surface area contributed by atoms with Gasteiger partial charge in [0.05, 0.1) is 25.3 Å². The third kappa shape index (κ3) is 4.44. The lowest BCUT2D eigenvalue weighted by Gasteiger charge is -2.18.